The summed E-state index contributed by atoms with van der Waals surface area (Å²) >= 11 is 0. The van der Waals surface area contributed by atoms with E-state index in [0.29, 0.717) is 6.54 Å². The normalized spacial score (nSPS) is 10.8. The highest BCUT2D eigenvalue weighted by atomic mass is 16.6. The van der Waals surface area contributed by atoms with Gasteiger partial charge in [0.1, 0.15) is 5.60 Å². The number of anilines is 2. The summed E-state index contributed by atoms with van der Waals surface area (Å²) in [6, 6.07) is 5.77. The minimum Gasteiger partial charge on any atom is -0.444 e. The molecule has 0 aliphatic carbocycles. The summed E-state index contributed by atoms with van der Waals surface area (Å²) in [5.74, 6) is -0.0815. The molecule has 3 N–H and O–H groups in total. The van der Waals surface area contributed by atoms with Crippen molar-refractivity contribution in [3.63, 3.8) is 0 Å². The number of benzene rings is 1. The number of rotatable bonds is 6. The van der Waals surface area contributed by atoms with E-state index in [0.717, 1.165) is 29.9 Å². The Hall–Kier alpha value is -2.24. The zero-order valence-corrected chi connectivity index (χ0v) is 14.6. The van der Waals surface area contributed by atoms with Gasteiger partial charge < -0.3 is 20.7 Å². The molecule has 1 aromatic carbocycles. The highest BCUT2D eigenvalue weighted by molar-refractivity contribution is 5.89. The fourth-order valence-electron chi connectivity index (χ4n) is 1.93. The van der Waals surface area contributed by atoms with Gasteiger partial charge in [0.15, 0.2) is 0 Å². The summed E-state index contributed by atoms with van der Waals surface area (Å²) in [5.41, 5.74) is 2.32. The molecule has 2 amide bonds. The Morgan fingerprint density at radius 1 is 1.17 bits per heavy atom. The monoisotopic (exact) mass is 321 g/mol. The van der Waals surface area contributed by atoms with E-state index in [4.69, 9.17) is 4.74 Å². The molecule has 0 aliphatic heterocycles. The van der Waals surface area contributed by atoms with Gasteiger partial charge in [0, 0.05) is 31.4 Å². The summed E-state index contributed by atoms with van der Waals surface area (Å²) in [7, 11) is 0. The fraction of sp³-hybridized carbons (Fsp3) is 0.529. The maximum atomic E-state index is 11.5. The van der Waals surface area contributed by atoms with Crippen molar-refractivity contribution in [3.8, 4) is 0 Å². The molecule has 0 radical (unpaired) electrons. The molecule has 0 spiro atoms. The van der Waals surface area contributed by atoms with Gasteiger partial charge in [-0.2, -0.15) is 0 Å². The molecule has 0 fully saturated rings. The second kappa shape index (κ2) is 8.41. The molecule has 0 unspecified atom stereocenters. The Balaban J connectivity index is 2.30. The summed E-state index contributed by atoms with van der Waals surface area (Å²) in [6.07, 6.45) is 0.388. The van der Waals surface area contributed by atoms with Crippen LogP contribution in [0, 0.1) is 6.92 Å². The van der Waals surface area contributed by atoms with Crippen molar-refractivity contribution in [2.45, 2.75) is 46.6 Å². The Kier molecular flexibility index (Phi) is 6.88. The number of hydrogen-bond acceptors (Lipinski definition) is 4. The number of aryl methyl sites for hydroxylation is 1. The summed E-state index contributed by atoms with van der Waals surface area (Å²) < 4.78 is 5.16. The third-order valence-corrected chi connectivity index (χ3v) is 2.89. The first kappa shape index (κ1) is 18.8. The lowest BCUT2D eigenvalue weighted by Gasteiger charge is -2.19. The number of carbonyl (C=O) groups excluding carboxylic acids is 2. The first-order valence-corrected chi connectivity index (χ1v) is 7.76. The van der Waals surface area contributed by atoms with Crippen molar-refractivity contribution in [1.29, 1.82) is 0 Å². The van der Waals surface area contributed by atoms with Gasteiger partial charge in [0.05, 0.1) is 0 Å². The zero-order valence-electron chi connectivity index (χ0n) is 14.6. The minimum absolute atomic E-state index is 0.0815. The van der Waals surface area contributed by atoms with Crippen LogP contribution in [0.2, 0.25) is 0 Å². The second-order valence-corrected chi connectivity index (χ2v) is 6.42. The molecular weight excluding hydrogens is 294 g/mol. The van der Waals surface area contributed by atoms with Crippen LogP contribution in [0.25, 0.3) is 0 Å². The molecule has 0 heterocycles. The molecule has 6 nitrogen and oxygen atoms in total. The summed E-state index contributed by atoms with van der Waals surface area (Å²) in [5, 5.41) is 8.78. The molecule has 0 atom stereocenters. The standard InChI is InChI=1S/C17H27N3O3/c1-12-11-14(7-8-15(12)20-13(2)21)18-9-6-10-19-16(22)23-17(3,4)5/h7-8,11,18H,6,9-10H2,1-5H3,(H,19,22)(H,20,21). The van der Waals surface area contributed by atoms with E-state index in [9.17, 15) is 9.59 Å². The molecule has 0 saturated carbocycles. The van der Waals surface area contributed by atoms with Gasteiger partial charge in [-0.3, -0.25) is 4.79 Å². The first-order chi connectivity index (χ1) is 10.7. The van der Waals surface area contributed by atoms with Gasteiger partial charge in [-0.05, 0) is 57.9 Å². The average molecular weight is 321 g/mol. The van der Waals surface area contributed by atoms with Gasteiger partial charge in [-0.15, -0.1) is 0 Å². The lowest BCUT2D eigenvalue weighted by Crippen LogP contribution is -2.33. The van der Waals surface area contributed by atoms with Crippen LogP contribution < -0.4 is 16.0 Å². The van der Waals surface area contributed by atoms with Crippen LogP contribution in [-0.4, -0.2) is 30.7 Å². The maximum absolute atomic E-state index is 11.5. The zero-order chi connectivity index (χ0) is 17.5. The van der Waals surface area contributed by atoms with Crippen LogP contribution in [0.5, 0.6) is 0 Å². The first-order valence-electron chi connectivity index (χ1n) is 7.76. The van der Waals surface area contributed by atoms with Crippen molar-refractivity contribution >= 4 is 23.4 Å². The van der Waals surface area contributed by atoms with Crippen LogP contribution >= 0.6 is 0 Å². The number of hydrogen-bond donors (Lipinski definition) is 3. The van der Waals surface area contributed by atoms with Gasteiger partial charge >= 0.3 is 6.09 Å². The number of nitrogens with one attached hydrogen (secondary N) is 3. The van der Waals surface area contributed by atoms with Crippen LogP contribution in [0.1, 0.15) is 39.7 Å². The van der Waals surface area contributed by atoms with Crippen molar-refractivity contribution in [3.05, 3.63) is 23.8 Å². The van der Waals surface area contributed by atoms with E-state index in [1.165, 1.54) is 6.92 Å². The van der Waals surface area contributed by atoms with Crippen LogP contribution in [-0.2, 0) is 9.53 Å². The van der Waals surface area contributed by atoms with Crippen LogP contribution in [0.4, 0.5) is 16.2 Å². The van der Waals surface area contributed by atoms with E-state index in [-0.39, 0.29) is 5.91 Å². The van der Waals surface area contributed by atoms with E-state index in [2.05, 4.69) is 16.0 Å². The number of amides is 2. The van der Waals surface area contributed by atoms with Gasteiger partial charge in [0.2, 0.25) is 5.91 Å². The van der Waals surface area contributed by atoms with E-state index in [1.807, 2.05) is 45.9 Å². The molecule has 0 aromatic heterocycles. The second-order valence-electron chi connectivity index (χ2n) is 6.42. The summed E-state index contributed by atoms with van der Waals surface area (Å²) in [4.78, 5) is 22.5. The van der Waals surface area contributed by atoms with Crippen molar-refractivity contribution in [2.24, 2.45) is 0 Å². The van der Waals surface area contributed by atoms with Crippen molar-refractivity contribution in [2.75, 3.05) is 23.7 Å². The lowest BCUT2D eigenvalue weighted by molar-refractivity contribution is -0.114. The molecule has 23 heavy (non-hydrogen) atoms. The molecule has 0 bridgehead atoms. The van der Waals surface area contributed by atoms with Gasteiger partial charge in [-0.1, -0.05) is 0 Å². The number of carbonyl (C=O) groups is 2. The van der Waals surface area contributed by atoms with Crippen LogP contribution in [0.3, 0.4) is 0 Å². The predicted octanol–water partition coefficient (Wildman–Crippen LogP) is 3.28. The Labute approximate surface area is 138 Å². The average Bonchev–Trinajstić information content (AvgIpc) is 2.39. The predicted molar refractivity (Wildman–Crippen MR) is 92.8 cm³/mol. The quantitative estimate of drug-likeness (QED) is 0.703. The van der Waals surface area contributed by atoms with Crippen LogP contribution in [0.15, 0.2) is 18.2 Å². The van der Waals surface area contributed by atoms with Crippen molar-refractivity contribution in [1.82, 2.24) is 5.32 Å². The van der Waals surface area contributed by atoms with Gasteiger partial charge in [-0.25, -0.2) is 4.79 Å². The fourth-order valence-corrected chi connectivity index (χ4v) is 1.93. The highest BCUT2D eigenvalue weighted by Crippen LogP contribution is 2.19. The SMILES string of the molecule is CC(=O)Nc1ccc(NCCCNC(=O)OC(C)(C)C)cc1C. The molecule has 0 saturated heterocycles. The highest BCUT2D eigenvalue weighted by Gasteiger charge is 2.15. The van der Waals surface area contributed by atoms with Gasteiger partial charge in [0.25, 0.3) is 0 Å². The molecule has 6 heteroatoms. The van der Waals surface area contributed by atoms with E-state index >= 15 is 0 Å². The lowest BCUT2D eigenvalue weighted by atomic mass is 10.1. The number of alkyl carbamates (subject to hydrolysis) is 1. The van der Waals surface area contributed by atoms with E-state index < -0.39 is 11.7 Å². The molecule has 1 rings (SSSR count). The number of ether oxygens (including phenoxy) is 1. The third-order valence-electron chi connectivity index (χ3n) is 2.89. The Morgan fingerprint density at radius 2 is 1.87 bits per heavy atom. The largest absolute Gasteiger partial charge is 0.444 e. The molecular formula is C17H27N3O3. The summed E-state index contributed by atoms with van der Waals surface area (Å²) in [6.45, 7) is 10.2. The Morgan fingerprint density at radius 3 is 2.43 bits per heavy atom. The maximum Gasteiger partial charge on any atom is 0.407 e. The molecule has 1 aromatic rings. The topological polar surface area (TPSA) is 79.5 Å². The van der Waals surface area contributed by atoms with E-state index in [1.54, 1.807) is 0 Å². The molecule has 128 valence electrons. The molecule has 0 aliphatic rings. The van der Waals surface area contributed by atoms with Crippen molar-refractivity contribution < 1.29 is 14.3 Å². The Bertz CT molecular complexity index is 551. The minimum atomic E-state index is -0.477. The third kappa shape index (κ3) is 8.09. The smallest absolute Gasteiger partial charge is 0.407 e.